The number of halogens is 3. The first kappa shape index (κ1) is 16.2. The lowest BCUT2D eigenvalue weighted by atomic mass is 10.1. The Morgan fingerprint density at radius 2 is 2.12 bits per heavy atom. The molecule has 102 valence electrons. The fourth-order valence-electron chi connectivity index (χ4n) is 1.12. The summed E-state index contributed by atoms with van der Waals surface area (Å²) >= 11 is 0. The van der Waals surface area contributed by atoms with E-state index >= 15 is 0 Å². The molecule has 0 aliphatic rings. The predicted molar refractivity (Wildman–Crippen MR) is 57.4 cm³/mol. The second-order valence-electron chi connectivity index (χ2n) is 3.71. The van der Waals surface area contributed by atoms with E-state index < -0.39 is 18.8 Å². The van der Waals surface area contributed by atoms with E-state index in [1.807, 2.05) is 6.92 Å². The summed E-state index contributed by atoms with van der Waals surface area (Å²) in [6, 6.07) is -0.599. The fourth-order valence-corrected chi connectivity index (χ4v) is 1.12. The number of hydrogen-bond donors (Lipinski definition) is 2. The van der Waals surface area contributed by atoms with Crippen molar-refractivity contribution in [3.63, 3.8) is 0 Å². The molecule has 4 nitrogen and oxygen atoms in total. The van der Waals surface area contributed by atoms with Gasteiger partial charge in [0.1, 0.15) is 6.61 Å². The van der Waals surface area contributed by atoms with Gasteiger partial charge in [-0.1, -0.05) is 19.8 Å². The Balaban J connectivity index is 3.51. The van der Waals surface area contributed by atoms with Crippen molar-refractivity contribution >= 4 is 5.91 Å². The van der Waals surface area contributed by atoms with Crippen LogP contribution in [0.4, 0.5) is 13.2 Å². The maximum atomic E-state index is 11.7. The Kier molecular flexibility index (Phi) is 7.90. The lowest BCUT2D eigenvalue weighted by molar-refractivity contribution is -0.173. The minimum atomic E-state index is -4.33. The van der Waals surface area contributed by atoms with Gasteiger partial charge < -0.3 is 15.8 Å². The Morgan fingerprint density at radius 1 is 1.47 bits per heavy atom. The van der Waals surface area contributed by atoms with E-state index in [2.05, 4.69) is 10.1 Å². The summed E-state index contributed by atoms with van der Waals surface area (Å²) < 4.78 is 39.4. The van der Waals surface area contributed by atoms with E-state index in [1.54, 1.807) is 0 Å². The molecule has 0 aromatic heterocycles. The molecule has 0 unspecified atom stereocenters. The highest BCUT2D eigenvalue weighted by Crippen LogP contribution is 2.13. The average Bonchev–Trinajstić information content (AvgIpc) is 2.23. The zero-order valence-corrected chi connectivity index (χ0v) is 9.85. The van der Waals surface area contributed by atoms with Gasteiger partial charge in [-0.15, -0.1) is 0 Å². The number of unbranched alkanes of at least 4 members (excludes halogenated alkanes) is 1. The molecule has 0 bridgehead atoms. The molecule has 0 saturated heterocycles. The van der Waals surface area contributed by atoms with Crippen LogP contribution in [0.5, 0.6) is 0 Å². The van der Waals surface area contributed by atoms with Crippen molar-refractivity contribution in [1.29, 1.82) is 0 Å². The third kappa shape index (κ3) is 10.1. The van der Waals surface area contributed by atoms with Crippen LogP contribution in [0.25, 0.3) is 0 Å². The van der Waals surface area contributed by atoms with Gasteiger partial charge in [0.05, 0.1) is 12.6 Å². The first-order valence-corrected chi connectivity index (χ1v) is 5.54. The summed E-state index contributed by atoms with van der Waals surface area (Å²) in [5.74, 6) is -0.353. The van der Waals surface area contributed by atoms with Crippen LogP contribution in [-0.4, -0.2) is 37.9 Å². The van der Waals surface area contributed by atoms with Crippen molar-refractivity contribution < 1.29 is 22.7 Å². The molecule has 0 aliphatic carbocycles. The van der Waals surface area contributed by atoms with Crippen LogP contribution in [-0.2, 0) is 9.53 Å². The van der Waals surface area contributed by atoms with Crippen molar-refractivity contribution in [3.8, 4) is 0 Å². The molecule has 17 heavy (non-hydrogen) atoms. The molecule has 0 heterocycles. The Morgan fingerprint density at radius 3 is 2.65 bits per heavy atom. The van der Waals surface area contributed by atoms with Crippen LogP contribution >= 0.6 is 0 Å². The van der Waals surface area contributed by atoms with E-state index in [-0.39, 0.29) is 19.1 Å². The van der Waals surface area contributed by atoms with Crippen LogP contribution in [0.1, 0.15) is 26.2 Å². The quantitative estimate of drug-likeness (QED) is 0.641. The summed E-state index contributed by atoms with van der Waals surface area (Å²) in [5, 5.41) is 2.42. The maximum absolute atomic E-state index is 11.7. The summed E-state index contributed by atoms with van der Waals surface area (Å²) in [4.78, 5) is 11.3. The van der Waals surface area contributed by atoms with Gasteiger partial charge in [0.15, 0.2) is 0 Å². The van der Waals surface area contributed by atoms with Gasteiger partial charge in [0.25, 0.3) is 0 Å². The number of ether oxygens (including phenoxy) is 1. The monoisotopic (exact) mass is 256 g/mol. The number of rotatable bonds is 8. The second-order valence-corrected chi connectivity index (χ2v) is 3.71. The van der Waals surface area contributed by atoms with Gasteiger partial charge in [-0.25, -0.2) is 0 Å². The van der Waals surface area contributed by atoms with E-state index in [4.69, 9.17) is 5.73 Å². The van der Waals surface area contributed by atoms with E-state index in [0.717, 1.165) is 12.8 Å². The number of alkyl halides is 3. The standard InChI is InChI=1S/C10H19F3N2O2/c1-2-3-4-8(14)9(16)15-5-6-17-7-10(11,12)13/h8H,2-7,14H2,1H3,(H,15,16)/t8-/m0/s1. The molecule has 0 spiro atoms. The topological polar surface area (TPSA) is 64.4 Å². The molecule has 0 aromatic rings. The smallest absolute Gasteiger partial charge is 0.370 e. The third-order valence-electron chi connectivity index (χ3n) is 2.02. The summed E-state index contributed by atoms with van der Waals surface area (Å²) in [6.45, 7) is 0.543. The van der Waals surface area contributed by atoms with Crippen molar-refractivity contribution in [2.45, 2.75) is 38.4 Å². The van der Waals surface area contributed by atoms with Gasteiger partial charge in [-0.2, -0.15) is 13.2 Å². The molecule has 1 atom stereocenters. The second kappa shape index (κ2) is 8.30. The molecule has 3 N–H and O–H groups in total. The highest BCUT2D eigenvalue weighted by atomic mass is 19.4. The van der Waals surface area contributed by atoms with Crippen molar-refractivity contribution in [3.05, 3.63) is 0 Å². The van der Waals surface area contributed by atoms with Gasteiger partial charge in [-0.05, 0) is 6.42 Å². The van der Waals surface area contributed by atoms with Gasteiger partial charge in [0.2, 0.25) is 5.91 Å². The predicted octanol–water partition coefficient (Wildman–Crippen LogP) is 1.20. The number of hydrogen-bond acceptors (Lipinski definition) is 3. The minimum absolute atomic E-state index is 0.0364. The van der Waals surface area contributed by atoms with E-state index in [0.29, 0.717) is 6.42 Å². The molecule has 0 aliphatic heterocycles. The molecule has 7 heteroatoms. The highest BCUT2D eigenvalue weighted by molar-refractivity contribution is 5.81. The largest absolute Gasteiger partial charge is 0.411 e. The first-order chi connectivity index (χ1) is 7.87. The average molecular weight is 256 g/mol. The number of amides is 1. The number of nitrogens with one attached hydrogen (secondary N) is 1. The van der Waals surface area contributed by atoms with Crippen LogP contribution in [0, 0.1) is 0 Å². The summed E-state index contributed by atoms with van der Waals surface area (Å²) in [6.07, 6.45) is -1.97. The van der Waals surface area contributed by atoms with Crippen molar-refractivity contribution in [2.24, 2.45) is 5.73 Å². The van der Waals surface area contributed by atoms with Crippen LogP contribution in [0.3, 0.4) is 0 Å². The molecule has 0 radical (unpaired) electrons. The van der Waals surface area contributed by atoms with E-state index in [1.165, 1.54) is 0 Å². The molecule has 0 aromatic carbocycles. The molecule has 0 saturated carbocycles. The minimum Gasteiger partial charge on any atom is -0.370 e. The molecule has 0 fully saturated rings. The van der Waals surface area contributed by atoms with Gasteiger partial charge in [0, 0.05) is 6.54 Å². The Bertz CT molecular complexity index is 222. The molecular weight excluding hydrogens is 237 g/mol. The zero-order valence-electron chi connectivity index (χ0n) is 9.85. The summed E-state index contributed by atoms with van der Waals surface area (Å²) in [7, 11) is 0. The Hall–Kier alpha value is -0.820. The molecule has 1 amide bonds. The first-order valence-electron chi connectivity index (χ1n) is 5.54. The highest BCUT2D eigenvalue weighted by Gasteiger charge is 2.27. The van der Waals surface area contributed by atoms with Gasteiger partial charge >= 0.3 is 6.18 Å². The van der Waals surface area contributed by atoms with Crippen LogP contribution in [0.2, 0.25) is 0 Å². The van der Waals surface area contributed by atoms with Crippen molar-refractivity contribution in [1.82, 2.24) is 5.32 Å². The molecule has 0 rings (SSSR count). The number of carbonyl (C=O) groups is 1. The molecular formula is C10H19F3N2O2. The summed E-state index contributed by atoms with van der Waals surface area (Å²) in [5.41, 5.74) is 5.55. The Labute approximate surface area is 98.7 Å². The van der Waals surface area contributed by atoms with Crippen LogP contribution in [0.15, 0.2) is 0 Å². The lowest BCUT2D eigenvalue weighted by Crippen LogP contribution is -2.41. The number of nitrogens with two attached hydrogens (primary N) is 1. The van der Waals surface area contributed by atoms with Crippen molar-refractivity contribution in [2.75, 3.05) is 19.8 Å². The SMILES string of the molecule is CCCC[C@H](N)C(=O)NCCOCC(F)(F)F. The van der Waals surface area contributed by atoms with E-state index in [9.17, 15) is 18.0 Å². The number of carbonyl (C=O) groups excluding carboxylic acids is 1. The van der Waals surface area contributed by atoms with Gasteiger partial charge in [-0.3, -0.25) is 4.79 Å². The van der Waals surface area contributed by atoms with Crippen LogP contribution < -0.4 is 11.1 Å². The zero-order chi connectivity index (χ0) is 13.3. The third-order valence-corrected chi connectivity index (χ3v) is 2.02. The normalized spacial score (nSPS) is 13.5. The fraction of sp³-hybridized carbons (Fsp3) is 0.900. The maximum Gasteiger partial charge on any atom is 0.411 e. The lowest BCUT2D eigenvalue weighted by Gasteiger charge is -2.12.